The van der Waals surface area contributed by atoms with Gasteiger partial charge in [-0.2, -0.15) is 0 Å². The van der Waals surface area contributed by atoms with Gasteiger partial charge < -0.3 is 76.4 Å². The van der Waals surface area contributed by atoms with Gasteiger partial charge in [0.1, 0.15) is 78.5 Å². The van der Waals surface area contributed by atoms with Gasteiger partial charge in [0.05, 0.1) is 159 Å². The van der Waals surface area contributed by atoms with Gasteiger partial charge in [-0.15, -0.1) is 0 Å². The molecule has 6 rings (SSSR count). The van der Waals surface area contributed by atoms with Crippen molar-refractivity contribution >= 4 is 64.1 Å². The number of allylic oxidation sites excluding steroid dienone is 4. The van der Waals surface area contributed by atoms with Gasteiger partial charge in [-0.25, -0.2) is 0 Å². The van der Waals surface area contributed by atoms with Crippen molar-refractivity contribution in [2.45, 2.75) is 0 Å². The van der Waals surface area contributed by atoms with E-state index in [1.165, 1.54) is 19.6 Å². The molecule has 4 bridgehead atoms. The standard InChI is InChI=1S/2C18H36N2O6.2C4H2N2Se2.2K.Ni/c2*1-7-21-13-14-24-10-4-20-5-11-25-17-15-22-8-2-19(1)3-9-23-16-18-26-12-6-20;2*5-1-3(7)4(8)2-6;;;/h2*1-18H2;2*7-8H;;;/q;;;;2*+1;+2/b;;2*4-3-;;;. The zero-order valence-electron chi connectivity index (χ0n) is 42.1. The molecule has 0 saturated carbocycles. The Morgan fingerprint density at radius 2 is 0.338 bits per heavy atom. The van der Waals surface area contributed by atoms with Crippen molar-refractivity contribution in [2.75, 3.05) is 237 Å². The van der Waals surface area contributed by atoms with Gasteiger partial charge in [-0.1, -0.05) is 0 Å². The molecule has 71 heavy (non-hydrogen) atoms. The fourth-order valence-corrected chi connectivity index (χ4v) is 6.62. The van der Waals surface area contributed by atoms with Gasteiger partial charge in [-0.05, 0) is 0 Å². The second-order valence-corrected chi connectivity index (χ2v) is 18.5. The van der Waals surface area contributed by atoms with Crippen molar-refractivity contribution in [3.63, 3.8) is 0 Å². The van der Waals surface area contributed by atoms with Crippen molar-refractivity contribution < 1.29 is 196 Å². The first kappa shape index (κ1) is 77.9. The SMILES string of the molecule is C1COCC[NH+]2CCOCCOCC[NH+](CCO1)CCOCCOCC2.C1COCC[NH+]2CCOCCOCC[NH+](CCO1)CCOCCOCC2.N#C/C([Se-])=C(/[Se-])C#N.N#C/C([Se-])=C(/[Se-])C#N.[K+].[K+].[Ni+2]. The minimum absolute atomic E-state index is 0. The summed E-state index contributed by atoms with van der Waals surface area (Å²) in [5, 5.41) is 32.5. The molecule has 0 aromatic rings. The van der Waals surface area contributed by atoms with Gasteiger partial charge in [0.15, 0.2) is 0 Å². The molecule has 6 aliphatic heterocycles. The third-order valence-corrected chi connectivity index (χ3v) is 14.0. The average molecular weight is 1360 g/mol. The molecule has 4 N–H and O–H groups in total. The fraction of sp³-hybridized carbons (Fsp3) is 0.818. The quantitative estimate of drug-likeness (QED) is 0.131. The Morgan fingerprint density at radius 3 is 0.423 bits per heavy atom. The normalized spacial score (nSPS) is 24.7. The molecule has 0 atom stereocenters. The molecule has 27 heteroatoms. The maximum Gasteiger partial charge on any atom is 2.00 e. The van der Waals surface area contributed by atoms with Crippen LogP contribution in [0.4, 0.5) is 0 Å². The molecule has 0 amide bonds. The number of nitriles is 4. The van der Waals surface area contributed by atoms with Crippen LogP contribution < -0.4 is 122 Å². The minimum Gasteiger partial charge on any atom is 1.00 e. The monoisotopic (exact) mass is 1360 g/mol. The Kier molecular flexibility index (Phi) is 66.1. The van der Waals surface area contributed by atoms with Crippen LogP contribution in [0.2, 0.25) is 0 Å². The molecule has 6 saturated heterocycles. The van der Waals surface area contributed by atoms with Crippen LogP contribution in [0.5, 0.6) is 0 Å². The zero-order chi connectivity index (χ0) is 49.4. The first-order valence-corrected chi connectivity index (χ1v) is 26.8. The van der Waals surface area contributed by atoms with E-state index in [0.717, 1.165) is 158 Å². The van der Waals surface area contributed by atoms with Crippen molar-refractivity contribution in [3.05, 3.63) is 17.9 Å². The van der Waals surface area contributed by atoms with Gasteiger partial charge >= 0.3 is 247 Å². The van der Waals surface area contributed by atoms with Crippen molar-refractivity contribution in [1.82, 2.24) is 0 Å². The van der Waals surface area contributed by atoms with Gasteiger partial charge in [0, 0.05) is 0 Å². The maximum atomic E-state index is 8.13. The molecule has 20 nitrogen and oxygen atoms in total. The molecule has 0 radical (unpaired) electrons. The molecular formula is C44H76K2N8NiO12Se4+4. The summed E-state index contributed by atoms with van der Waals surface area (Å²) in [6.45, 7) is 28.2. The van der Waals surface area contributed by atoms with Crippen molar-refractivity contribution in [1.29, 1.82) is 21.0 Å². The maximum absolute atomic E-state index is 8.13. The first-order valence-electron chi connectivity index (χ1n) is 23.4. The minimum atomic E-state index is 0. The second-order valence-electron chi connectivity index (χ2n) is 15.1. The molecule has 396 valence electrons. The first-order chi connectivity index (χ1) is 33.3. The van der Waals surface area contributed by atoms with E-state index in [1.54, 1.807) is 24.3 Å². The van der Waals surface area contributed by atoms with Gasteiger partial charge in [0.25, 0.3) is 0 Å². The predicted molar refractivity (Wildman–Crippen MR) is 252 cm³/mol. The molecule has 0 aromatic carbocycles. The summed E-state index contributed by atoms with van der Waals surface area (Å²) in [4.78, 5) is 5.76. The van der Waals surface area contributed by atoms with E-state index in [1.807, 2.05) is 0 Å². The van der Waals surface area contributed by atoms with Crippen LogP contribution in [0.25, 0.3) is 0 Å². The largest absolute Gasteiger partial charge is 2.00 e. The zero-order valence-corrected chi connectivity index (χ0v) is 56.2. The van der Waals surface area contributed by atoms with Crippen LogP contribution in [0, 0.1) is 45.3 Å². The Morgan fingerprint density at radius 1 is 0.239 bits per heavy atom. The molecule has 0 aliphatic carbocycles. The number of rotatable bonds is 0. The Labute approximate surface area is 552 Å². The van der Waals surface area contributed by atoms with Crippen LogP contribution in [-0.4, -0.2) is 301 Å². The Balaban J connectivity index is -0.000000967. The van der Waals surface area contributed by atoms with E-state index in [9.17, 15) is 0 Å². The van der Waals surface area contributed by atoms with E-state index in [2.05, 4.69) is 64.1 Å². The Hall–Kier alpha value is 2.64. The van der Waals surface area contributed by atoms with E-state index in [0.29, 0.717) is 97.2 Å². The smallest absolute Gasteiger partial charge is 1.00 e. The van der Waals surface area contributed by atoms with E-state index in [-0.39, 0.29) is 119 Å². The number of ether oxygens (including phenoxy) is 12. The number of nitrogens with one attached hydrogen (secondary N) is 4. The van der Waals surface area contributed by atoms with Gasteiger partial charge in [0.2, 0.25) is 0 Å². The van der Waals surface area contributed by atoms with Crippen LogP contribution >= 0.6 is 0 Å². The van der Waals surface area contributed by atoms with Gasteiger partial charge in [-0.3, -0.25) is 0 Å². The summed E-state index contributed by atoms with van der Waals surface area (Å²) >= 11 is 9.77. The molecule has 6 heterocycles. The fourth-order valence-electron chi connectivity index (χ4n) is 6.23. The number of fused-ring (bicyclic) bond motifs is 42. The topological polar surface area (TPSA) is 224 Å². The summed E-state index contributed by atoms with van der Waals surface area (Å²) in [7, 11) is 0. The molecule has 6 fully saturated rings. The molecular weight excluding hydrogens is 1290 g/mol. The molecule has 0 spiro atoms. The van der Waals surface area contributed by atoms with E-state index < -0.39 is 0 Å². The van der Waals surface area contributed by atoms with Crippen molar-refractivity contribution in [2.24, 2.45) is 0 Å². The summed E-state index contributed by atoms with van der Waals surface area (Å²) in [5.74, 6) is 0. The third-order valence-electron chi connectivity index (χ3n) is 10.3. The number of quaternary nitrogens is 4. The molecule has 6 aliphatic rings. The number of hydrogen-bond donors (Lipinski definition) is 4. The van der Waals surface area contributed by atoms with Crippen LogP contribution in [0.3, 0.4) is 0 Å². The third kappa shape index (κ3) is 50.6. The summed E-state index contributed by atoms with van der Waals surface area (Å²) in [5.41, 5.74) is 0. The number of hydrogen-bond acceptors (Lipinski definition) is 16. The van der Waals surface area contributed by atoms with Crippen molar-refractivity contribution in [3.8, 4) is 24.3 Å². The average Bonchev–Trinajstić information content (AvgIpc) is 3.35. The summed E-state index contributed by atoms with van der Waals surface area (Å²) in [6.07, 6.45) is 0. The predicted octanol–water partition coefficient (Wildman–Crippen LogP) is -13.1. The summed E-state index contributed by atoms with van der Waals surface area (Å²) in [6, 6.07) is 7.14. The van der Waals surface area contributed by atoms with Crippen LogP contribution in [0.15, 0.2) is 17.9 Å². The van der Waals surface area contributed by atoms with Crippen LogP contribution in [-0.2, 0) is 73.3 Å². The Bertz CT molecular complexity index is 1190. The number of nitrogens with zero attached hydrogens (tertiary/aromatic N) is 4. The summed E-state index contributed by atoms with van der Waals surface area (Å²) < 4.78 is 70.0. The molecule has 0 aromatic heterocycles. The second kappa shape index (κ2) is 60.3. The van der Waals surface area contributed by atoms with E-state index in [4.69, 9.17) is 77.9 Å². The molecule has 0 unspecified atom stereocenters. The van der Waals surface area contributed by atoms with E-state index >= 15 is 0 Å². The van der Waals surface area contributed by atoms with Crippen LogP contribution in [0.1, 0.15) is 0 Å².